The smallest absolute Gasteiger partial charge is 0.204 e. The van der Waals surface area contributed by atoms with E-state index in [9.17, 15) is 4.79 Å². The molecule has 118 valence electrons. The van der Waals surface area contributed by atoms with E-state index < -0.39 is 0 Å². The summed E-state index contributed by atoms with van der Waals surface area (Å²) in [6, 6.07) is 15.6. The van der Waals surface area contributed by atoms with Gasteiger partial charge in [-0.15, -0.1) is 10.2 Å². The first-order chi connectivity index (χ1) is 11.7. The molecule has 0 saturated heterocycles. The van der Waals surface area contributed by atoms with Crippen molar-refractivity contribution in [1.29, 1.82) is 0 Å². The predicted octanol–water partition coefficient (Wildman–Crippen LogP) is 3.01. The maximum Gasteiger partial charge on any atom is 0.204 e. The molecule has 0 unspecified atom stereocenters. The fourth-order valence-corrected chi connectivity index (χ4v) is 2.64. The average Bonchev–Trinajstić information content (AvgIpc) is 3.22. The number of tetrazole rings is 1. The van der Waals surface area contributed by atoms with Crippen LogP contribution in [0.5, 0.6) is 0 Å². The lowest BCUT2D eigenvalue weighted by atomic mass is 10.1. The Morgan fingerprint density at radius 1 is 1.12 bits per heavy atom. The zero-order valence-electron chi connectivity index (χ0n) is 13.1. The van der Waals surface area contributed by atoms with E-state index in [2.05, 4.69) is 20.4 Å². The third-order valence-electron chi connectivity index (χ3n) is 3.94. The van der Waals surface area contributed by atoms with Gasteiger partial charge in [-0.2, -0.15) is 4.80 Å². The maximum absolute atomic E-state index is 12.5. The number of aromatic amines is 1. The lowest BCUT2D eigenvalue weighted by Crippen LogP contribution is -2.13. The number of hydrogen-bond acceptors (Lipinski definition) is 4. The highest BCUT2D eigenvalue weighted by atomic mass is 16.1. The summed E-state index contributed by atoms with van der Waals surface area (Å²) in [5.74, 6) is 0.460. The highest BCUT2D eigenvalue weighted by Crippen LogP contribution is 2.19. The van der Waals surface area contributed by atoms with Crippen LogP contribution in [0.3, 0.4) is 0 Å². The van der Waals surface area contributed by atoms with Crippen LogP contribution >= 0.6 is 0 Å². The quantitative estimate of drug-likeness (QED) is 0.587. The normalized spacial score (nSPS) is 11.0. The summed E-state index contributed by atoms with van der Waals surface area (Å²) in [7, 11) is 0. The standard InChI is InChI=1S/C18H15N5O/c1-12-6-8-13(9-7-12)18-20-22-23(21-18)11-17(24)15-10-19-16-5-3-2-4-14(15)16/h2-10,19H,11H2,1H3. The number of nitrogens with one attached hydrogen (secondary N) is 1. The van der Waals surface area contributed by atoms with Crippen molar-refractivity contribution in [2.45, 2.75) is 13.5 Å². The van der Waals surface area contributed by atoms with E-state index in [4.69, 9.17) is 0 Å². The van der Waals surface area contributed by atoms with E-state index in [0.717, 1.165) is 16.5 Å². The lowest BCUT2D eigenvalue weighted by molar-refractivity contribution is 0.0963. The molecule has 4 rings (SSSR count). The Labute approximate surface area is 138 Å². The van der Waals surface area contributed by atoms with Crippen LogP contribution in [0.2, 0.25) is 0 Å². The zero-order chi connectivity index (χ0) is 16.5. The largest absolute Gasteiger partial charge is 0.360 e. The molecule has 0 fully saturated rings. The summed E-state index contributed by atoms with van der Waals surface area (Å²) in [4.78, 5) is 17.0. The second-order valence-electron chi connectivity index (χ2n) is 5.68. The van der Waals surface area contributed by atoms with Crippen LogP contribution in [0.1, 0.15) is 15.9 Å². The Hall–Kier alpha value is -3.28. The Balaban J connectivity index is 1.57. The minimum atomic E-state index is -0.0553. The van der Waals surface area contributed by atoms with E-state index in [0.29, 0.717) is 11.4 Å². The van der Waals surface area contributed by atoms with Gasteiger partial charge in [0.15, 0.2) is 5.78 Å². The summed E-state index contributed by atoms with van der Waals surface area (Å²) in [5, 5.41) is 13.2. The number of nitrogens with zero attached hydrogens (tertiary/aromatic N) is 4. The number of benzene rings is 2. The molecular weight excluding hydrogens is 302 g/mol. The number of H-pyrrole nitrogens is 1. The molecule has 0 radical (unpaired) electrons. The molecule has 2 aromatic carbocycles. The molecular formula is C18H15N5O. The fraction of sp³-hybridized carbons (Fsp3) is 0.111. The molecule has 24 heavy (non-hydrogen) atoms. The molecule has 0 saturated carbocycles. The number of carbonyl (C=O) groups is 1. The van der Waals surface area contributed by atoms with Gasteiger partial charge in [-0.25, -0.2) is 0 Å². The highest BCUT2D eigenvalue weighted by Gasteiger charge is 2.14. The topological polar surface area (TPSA) is 76.5 Å². The van der Waals surface area contributed by atoms with Gasteiger partial charge >= 0.3 is 0 Å². The number of fused-ring (bicyclic) bond motifs is 1. The highest BCUT2D eigenvalue weighted by molar-refractivity contribution is 6.07. The van der Waals surface area contributed by atoms with Crippen LogP contribution in [0.4, 0.5) is 0 Å². The van der Waals surface area contributed by atoms with Gasteiger partial charge in [-0.1, -0.05) is 48.0 Å². The Morgan fingerprint density at radius 2 is 1.92 bits per heavy atom. The molecule has 2 heterocycles. The van der Waals surface area contributed by atoms with Gasteiger partial charge in [-0.05, 0) is 18.2 Å². The molecule has 0 bridgehead atoms. The number of para-hydroxylation sites is 1. The van der Waals surface area contributed by atoms with E-state index >= 15 is 0 Å². The number of hydrogen-bond donors (Lipinski definition) is 1. The van der Waals surface area contributed by atoms with Crippen molar-refractivity contribution in [3.63, 3.8) is 0 Å². The monoisotopic (exact) mass is 317 g/mol. The number of aryl methyl sites for hydroxylation is 1. The first kappa shape index (κ1) is 14.3. The van der Waals surface area contributed by atoms with Crippen molar-refractivity contribution in [1.82, 2.24) is 25.2 Å². The number of rotatable bonds is 4. The van der Waals surface area contributed by atoms with Crippen LogP contribution in [-0.4, -0.2) is 31.0 Å². The summed E-state index contributed by atoms with van der Waals surface area (Å²) in [6.45, 7) is 2.08. The van der Waals surface area contributed by atoms with E-state index in [1.165, 1.54) is 10.4 Å². The molecule has 0 amide bonds. The van der Waals surface area contributed by atoms with Crippen molar-refractivity contribution in [2.24, 2.45) is 0 Å². The summed E-state index contributed by atoms with van der Waals surface area (Å²) < 4.78 is 0. The second kappa shape index (κ2) is 5.73. The Kier molecular flexibility index (Phi) is 3.42. The van der Waals surface area contributed by atoms with Crippen LogP contribution in [0, 0.1) is 6.92 Å². The van der Waals surface area contributed by atoms with Crippen LogP contribution in [0.25, 0.3) is 22.3 Å². The molecule has 0 spiro atoms. The van der Waals surface area contributed by atoms with Crippen molar-refractivity contribution in [3.05, 3.63) is 65.9 Å². The number of carbonyl (C=O) groups excluding carboxylic acids is 1. The minimum absolute atomic E-state index is 0.0553. The molecule has 4 aromatic rings. The number of aromatic nitrogens is 5. The lowest BCUT2D eigenvalue weighted by Gasteiger charge is -1.98. The molecule has 0 atom stereocenters. The molecule has 6 nitrogen and oxygen atoms in total. The first-order valence-corrected chi connectivity index (χ1v) is 7.65. The molecule has 1 N–H and O–H groups in total. The second-order valence-corrected chi connectivity index (χ2v) is 5.68. The van der Waals surface area contributed by atoms with Crippen LogP contribution in [0.15, 0.2) is 54.7 Å². The van der Waals surface area contributed by atoms with Gasteiger partial charge < -0.3 is 4.98 Å². The molecule has 2 aromatic heterocycles. The summed E-state index contributed by atoms with van der Waals surface area (Å²) >= 11 is 0. The van der Waals surface area contributed by atoms with Crippen LogP contribution < -0.4 is 0 Å². The third kappa shape index (κ3) is 2.58. The van der Waals surface area contributed by atoms with E-state index in [-0.39, 0.29) is 12.3 Å². The zero-order valence-corrected chi connectivity index (χ0v) is 13.1. The van der Waals surface area contributed by atoms with Gasteiger partial charge in [0.1, 0.15) is 6.54 Å². The average molecular weight is 317 g/mol. The number of ketones is 1. The summed E-state index contributed by atoms with van der Waals surface area (Å²) in [6.07, 6.45) is 1.73. The molecule has 6 heteroatoms. The molecule has 0 aliphatic heterocycles. The van der Waals surface area contributed by atoms with Crippen molar-refractivity contribution >= 4 is 16.7 Å². The summed E-state index contributed by atoms with van der Waals surface area (Å²) in [5.41, 5.74) is 3.62. The molecule has 0 aliphatic rings. The van der Waals surface area contributed by atoms with Gasteiger partial charge in [0.25, 0.3) is 0 Å². The fourth-order valence-electron chi connectivity index (χ4n) is 2.64. The van der Waals surface area contributed by atoms with Gasteiger partial charge in [-0.3, -0.25) is 4.79 Å². The minimum Gasteiger partial charge on any atom is -0.360 e. The predicted molar refractivity (Wildman–Crippen MR) is 90.6 cm³/mol. The number of Topliss-reactive ketones (excluding diaryl/α,β-unsaturated/α-hetero) is 1. The maximum atomic E-state index is 12.5. The van der Waals surface area contributed by atoms with Crippen molar-refractivity contribution in [3.8, 4) is 11.4 Å². The SMILES string of the molecule is Cc1ccc(-c2nnn(CC(=O)c3c[nH]c4ccccc34)n2)cc1. The Bertz CT molecular complexity index is 1010. The van der Waals surface area contributed by atoms with Gasteiger partial charge in [0.2, 0.25) is 5.82 Å². The Morgan fingerprint density at radius 3 is 2.75 bits per heavy atom. The molecule has 0 aliphatic carbocycles. The first-order valence-electron chi connectivity index (χ1n) is 7.65. The van der Waals surface area contributed by atoms with Gasteiger partial charge in [0, 0.05) is 28.2 Å². The van der Waals surface area contributed by atoms with Gasteiger partial charge in [0.05, 0.1) is 0 Å². The van der Waals surface area contributed by atoms with E-state index in [1.54, 1.807) is 6.20 Å². The third-order valence-corrected chi connectivity index (χ3v) is 3.94. The van der Waals surface area contributed by atoms with Crippen molar-refractivity contribution in [2.75, 3.05) is 0 Å². The van der Waals surface area contributed by atoms with E-state index in [1.807, 2.05) is 55.5 Å². The van der Waals surface area contributed by atoms with Crippen molar-refractivity contribution < 1.29 is 4.79 Å². The van der Waals surface area contributed by atoms with Crippen LogP contribution in [-0.2, 0) is 6.54 Å².